The third kappa shape index (κ3) is 3.25. The molecule has 1 aliphatic heterocycles. The van der Waals surface area contributed by atoms with Gasteiger partial charge in [0.15, 0.2) is 0 Å². The molecule has 0 atom stereocenters. The van der Waals surface area contributed by atoms with Crippen molar-refractivity contribution in [1.82, 2.24) is 9.88 Å². The summed E-state index contributed by atoms with van der Waals surface area (Å²) in [6, 6.07) is 5.20. The zero-order valence-corrected chi connectivity index (χ0v) is 12.0. The van der Waals surface area contributed by atoms with E-state index in [0.29, 0.717) is 22.8 Å². The number of nitrogen functional groups attached to an aromatic ring is 1. The summed E-state index contributed by atoms with van der Waals surface area (Å²) >= 11 is 0. The molecule has 2 N–H and O–H groups in total. The van der Waals surface area contributed by atoms with Gasteiger partial charge in [-0.3, -0.25) is 4.79 Å². The van der Waals surface area contributed by atoms with Crippen molar-refractivity contribution >= 4 is 11.7 Å². The van der Waals surface area contributed by atoms with Gasteiger partial charge in [-0.15, -0.1) is 0 Å². The molecule has 1 amide bonds. The quantitative estimate of drug-likeness (QED) is 0.845. The standard InChI is InChI=1S/C15H23N3O/c1-15(2,3)11-7-9-18(10-8-11)14(19)12-5-4-6-13(16)17-12/h4-6,11H,7-10H2,1-3H3,(H2,16,17). The first kappa shape index (κ1) is 13.8. The highest BCUT2D eigenvalue weighted by molar-refractivity contribution is 5.92. The van der Waals surface area contributed by atoms with Gasteiger partial charge in [0.2, 0.25) is 0 Å². The lowest BCUT2D eigenvalue weighted by atomic mass is 9.75. The van der Waals surface area contributed by atoms with Crippen molar-refractivity contribution < 1.29 is 4.79 Å². The van der Waals surface area contributed by atoms with Gasteiger partial charge in [0, 0.05) is 13.1 Å². The van der Waals surface area contributed by atoms with Crippen molar-refractivity contribution in [2.24, 2.45) is 11.3 Å². The summed E-state index contributed by atoms with van der Waals surface area (Å²) in [5.41, 5.74) is 6.40. The van der Waals surface area contributed by atoms with Crippen LogP contribution in [-0.4, -0.2) is 28.9 Å². The number of pyridine rings is 1. The minimum Gasteiger partial charge on any atom is -0.384 e. The van der Waals surface area contributed by atoms with Crippen LogP contribution in [0.3, 0.4) is 0 Å². The number of nitrogens with two attached hydrogens (primary N) is 1. The SMILES string of the molecule is CC(C)(C)C1CCN(C(=O)c2cccc(N)n2)CC1. The molecule has 1 aromatic heterocycles. The van der Waals surface area contributed by atoms with Gasteiger partial charge in [-0.2, -0.15) is 0 Å². The fourth-order valence-corrected chi connectivity index (χ4v) is 2.68. The van der Waals surface area contributed by atoms with Crippen molar-refractivity contribution in [2.75, 3.05) is 18.8 Å². The summed E-state index contributed by atoms with van der Waals surface area (Å²) in [6.07, 6.45) is 2.13. The van der Waals surface area contributed by atoms with E-state index in [4.69, 9.17) is 5.73 Å². The summed E-state index contributed by atoms with van der Waals surface area (Å²) in [5.74, 6) is 1.08. The summed E-state index contributed by atoms with van der Waals surface area (Å²) in [5, 5.41) is 0. The molecule has 2 rings (SSSR count). The number of piperidine rings is 1. The largest absolute Gasteiger partial charge is 0.384 e. The summed E-state index contributed by atoms with van der Waals surface area (Å²) in [6.45, 7) is 8.45. The summed E-state index contributed by atoms with van der Waals surface area (Å²) in [7, 11) is 0. The van der Waals surface area contributed by atoms with Gasteiger partial charge in [0.25, 0.3) is 5.91 Å². The van der Waals surface area contributed by atoms with Crippen LogP contribution >= 0.6 is 0 Å². The number of carbonyl (C=O) groups excluding carboxylic acids is 1. The molecule has 0 saturated carbocycles. The van der Waals surface area contributed by atoms with E-state index in [1.54, 1.807) is 18.2 Å². The van der Waals surface area contributed by atoms with Gasteiger partial charge in [-0.25, -0.2) is 4.98 Å². The average Bonchev–Trinajstić information content (AvgIpc) is 2.37. The Balaban J connectivity index is 2.00. The van der Waals surface area contributed by atoms with Crippen LogP contribution in [-0.2, 0) is 0 Å². The molecule has 1 fully saturated rings. The van der Waals surface area contributed by atoms with Gasteiger partial charge in [-0.1, -0.05) is 26.8 Å². The second-order valence-corrected chi connectivity index (χ2v) is 6.38. The molecule has 19 heavy (non-hydrogen) atoms. The first-order valence-electron chi connectivity index (χ1n) is 6.90. The Morgan fingerprint density at radius 3 is 2.47 bits per heavy atom. The van der Waals surface area contributed by atoms with Crippen LogP contribution in [0.5, 0.6) is 0 Å². The molecule has 0 bridgehead atoms. The van der Waals surface area contributed by atoms with Crippen LogP contribution in [0.15, 0.2) is 18.2 Å². The van der Waals surface area contributed by atoms with Gasteiger partial charge in [0.1, 0.15) is 11.5 Å². The van der Waals surface area contributed by atoms with Crippen molar-refractivity contribution in [1.29, 1.82) is 0 Å². The number of anilines is 1. The van der Waals surface area contributed by atoms with E-state index in [-0.39, 0.29) is 5.91 Å². The fraction of sp³-hybridized carbons (Fsp3) is 0.600. The number of nitrogens with zero attached hydrogens (tertiary/aromatic N) is 2. The molecular weight excluding hydrogens is 238 g/mol. The first-order chi connectivity index (χ1) is 8.88. The highest BCUT2D eigenvalue weighted by atomic mass is 16.2. The Bertz CT molecular complexity index is 457. The van der Waals surface area contributed by atoms with E-state index in [2.05, 4.69) is 25.8 Å². The van der Waals surface area contributed by atoms with E-state index in [1.165, 1.54) is 0 Å². The Morgan fingerprint density at radius 1 is 1.32 bits per heavy atom. The van der Waals surface area contributed by atoms with Gasteiger partial charge < -0.3 is 10.6 Å². The Morgan fingerprint density at radius 2 is 1.95 bits per heavy atom. The van der Waals surface area contributed by atoms with E-state index in [0.717, 1.165) is 25.9 Å². The lowest BCUT2D eigenvalue weighted by Gasteiger charge is -2.38. The third-order valence-corrected chi connectivity index (χ3v) is 4.00. The maximum Gasteiger partial charge on any atom is 0.272 e. The van der Waals surface area contributed by atoms with Crippen LogP contribution in [0.4, 0.5) is 5.82 Å². The number of hydrogen-bond donors (Lipinski definition) is 1. The molecule has 1 aliphatic rings. The van der Waals surface area contributed by atoms with Crippen LogP contribution in [0.1, 0.15) is 44.1 Å². The van der Waals surface area contributed by atoms with Crippen LogP contribution in [0.25, 0.3) is 0 Å². The number of carbonyl (C=O) groups is 1. The molecule has 4 heteroatoms. The lowest BCUT2D eigenvalue weighted by molar-refractivity contribution is 0.0603. The number of hydrogen-bond acceptors (Lipinski definition) is 3. The van der Waals surface area contributed by atoms with Gasteiger partial charge in [-0.05, 0) is 36.3 Å². The lowest BCUT2D eigenvalue weighted by Crippen LogP contribution is -2.41. The number of likely N-dealkylation sites (tertiary alicyclic amines) is 1. The minimum absolute atomic E-state index is 0.000316. The van der Waals surface area contributed by atoms with Crippen LogP contribution in [0, 0.1) is 11.3 Å². The maximum absolute atomic E-state index is 12.3. The molecule has 4 nitrogen and oxygen atoms in total. The minimum atomic E-state index is -0.000316. The Labute approximate surface area is 115 Å². The van der Waals surface area contributed by atoms with Crippen LogP contribution in [0.2, 0.25) is 0 Å². The van der Waals surface area contributed by atoms with E-state index in [1.807, 2.05) is 4.90 Å². The molecule has 0 unspecified atom stereocenters. The normalized spacial score (nSPS) is 17.5. The number of amides is 1. The molecule has 1 saturated heterocycles. The topological polar surface area (TPSA) is 59.2 Å². The average molecular weight is 261 g/mol. The molecule has 0 aromatic carbocycles. The van der Waals surface area contributed by atoms with Crippen LogP contribution < -0.4 is 5.73 Å². The first-order valence-corrected chi connectivity index (χ1v) is 6.90. The molecule has 0 spiro atoms. The fourth-order valence-electron chi connectivity index (χ4n) is 2.68. The monoisotopic (exact) mass is 261 g/mol. The summed E-state index contributed by atoms with van der Waals surface area (Å²) < 4.78 is 0. The zero-order chi connectivity index (χ0) is 14.0. The van der Waals surface area contributed by atoms with E-state index < -0.39 is 0 Å². The number of aromatic nitrogens is 1. The van der Waals surface area contributed by atoms with Crippen molar-refractivity contribution in [3.05, 3.63) is 23.9 Å². The predicted molar refractivity (Wildman–Crippen MR) is 76.7 cm³/mol. The Hall–Kier alpha value is -1.58. The van der Waals surface area contributed by atoms with Crippen molar-refractivity contribution in [3.8, 4) is 0 Å². The smallest absolute Gasteiger partial charge is 0.272 e. The maximum atomic E-state index is 12.3. The van der Waals surface area contributed by atoms with E-state index in [9.17, 15) is 4.79 Å². The molecule has 0 aliphatic carbocycles. The third-order valence-electron chi connectivity index (χ3n) is 4.00. The highest BCUT2D eigenvalue weighted by Crippen LogP contribution is 2.34. The second kappa shape index (κ2) is 5.19. The van der Waals surface area contributed by atoms with Gasteiger partial charge >= 0.3 is 0 Å². The van der Waals surface area contributed by atoms with Gasteiger partial charge in [0.05, 0.1) is 0 Å². The summed E-state index contributed by atoms with van der Waals surface area (Å²) in [4.78, 5) is 18.3. The second-order valence-electron chi connectivity index (χ2n) is 6.38. The molecular formula is C15H23N3O. The molecule has 1 aromatic rings. The number of rotatable bonds is 1. The highest BCUT2D eigenvalue weighted by Gasteiger charge is 2.30. The molecule has 0 radical (unpaired) electrons. The molecule has 2 heterocycles. The molecule has 104 valence electrons. The zero-order valence-electron chi connectivity index (χ0n) is 12.0. The predicted octanol–water partition coefficient (Wildman–Crippen LogP) is 2.56. The Kier molecular flexibility index (Phi) is 3.78. The van der Waals surface area contributed by atoms with Crippen molar-refractivity contribution in [2.45, 2.75) is 33.6 Å². The van der Waals surface area contributed by atoms with E-state index >= 15 is 0 Å². The van der Waals surface area contributed by atoms with Crippen molar-refractivity contribution in [3.63, 3.8) is 0 Å².